The van der Waals surface area contributed by atoms with Crippen LogP contribution in [0.5, 0.6) is 0 Å². The summed E-state index contributed by atoms with van der Waals surface area (Å²) in [7, 11) is -0.0668. The van der Waals surface area contributed by atoms with Crippen molar-refractivity contribution in [2.45, 2.75) is 44.0 Å². The van der Waals surface area contributed by atoms with Gasteiger partial charge in [0.15, 0.2) is 0 Å². The molecule has 1 N–H and O–H groups in total. The number of esters is 1. The van der Waals surface area contributed by atoms with Gasteiger partial charge < -0.3 is 9.64 Å². The number of ether oxygens (including phenoxy) is 1. The lowest BCUT2D eigenvalue weighted by Crippen LogP contribution is -2.41. The van der Waals surface area contributed by atoms with Gasteiger partial charge in [-0.25, -0.2) is 8.42 Å². The van der Waals surface area contributed by atoms with Crippen molar-refractivity contribution in [3.8, 4) is 0 Å². The van der Waals surface area contributed by atoms with Crippen molar-refractivity contribution in [1.29, 1.82) is 0 Å². The molecule has 0 fully saturated rings. The van der Waals surface area contributed by atoms with Crippen molar-refractivity contribution in [2.24, 2.45) is 0 Å². The lowest BCUT2D eigenvalue weighted by Gasteiger charge is -2.19. The maximum absolute atomic E-state index is 13.1. The van der Waals surface area contributed by atoms with E-state index in [4.69, 9.17) is 4.74 Å². The van der Waals surface area contributed by atoms with E-state index in [1.807, 2.05) is 44.1 Å². The monoisotopic (exact) mass is 392 g/mol. The summed E-state index contributed by atoms with van der Waals surface area (Å²) in [5, 5.41) is 1.46. The van der Waals surface area contributed by atoms with E-state index in [0.717, 1.165) is 23.9 Å². The van der Waals surface area contributed by atoms with E-state index in [1.165, 1.54) is 0 Å². The predicted molar refractivity (Wildman–Crippen MR) is 109 cm³/mol. The molecule has 1 unspecified atom stereocenters. The van der Waals surface area contributed by atoms with Crippen LogP contribution in [0.25, 0.3) is 10.8 Å². The van der Waals surface area contributed by atoms with Crippen molar-refractivity contribution >= 4 is 32.5 Å². The molecule has 0 spiro atoms. The minimum atomic E-state index is -3.89. The van der Waals surface area contributed by atoms with Crippen LogP contribution in [0, 0.1) is 0 Å². The van der Waals surface area contributed by atoms with Gasteiger partial charge in [0, 0.05) is 30.6 Å². The molecule has 0 aliphatic carbocycles. The normalized spacial score (nSPS) is 12.7. The molecule has 0 saturated carbocycles. The van der Waals surface area contributed by atoms with Crippen LogP contribution >= 0.6 is 0 Å². The van der Waals surface area contributed by atoms with Crippen molar-refractivity contribution in [3.05, 3.63) is 36.4 Å². The summed E-state index contributed by atoms with van der Waals surface area (Å²) in [4.78, 5) is 14.3. The van der Waals surface area contributed by atoms with E-state index in [-0.39, 0.29) is 11.5 Å². The van der Waals surface area contributed by atoms with Gasteiger partial charge in [0.05, 0.1) is 11.5 Å². The van der Waals surface area contributed by atoms with Gasteiger partial charge in [0.2, 0.25) is 10.0 Å². The second-order valence-electron chi connectivity index (χ2n) is 6.59. The van der Waals surface area contributed by atoms with Gasteiger partial charge >= 0.3 is 5.97 Å². The Morgan fingerprint density at radius 2 is 1.78 bits per heavy atom. The number of nitrogens with zero attached hydrogens (tertiary/aromatic N) is 1. The highest BCUT2D eigenvalue weighted by Crippen LogP contribution is 2.30. The molecule has 0 heterocycles. The molecule has 0 bridgehead atoms. The van der Waals surface area contributed by atoms with Gasteiger partial charge in [-0.3, -0.25) is 4.79 Å². The Bertz CT molecular complexity index is 894. The molecule has 1 atom stereocenters. The molecule has 0 amide bonds. The summed E-state index contributed by atoms with van der Waals surface area (Å²) >= 11 is 0. The minimum absolute atomic E-state index is 0.162. The third-order valence-corrected chi connectivity index (χ3v) is 5.88. The van der Waals surface area contributed by atoms with E-state index >= 15 is 0 Å². The van der Waals surface area contributed by atoms with E-state index in [9.17, 15) is 13.2 Å². The summed E-state index contributed by atoms with van der Waals surface area (Å²) in [5.41, 5.74) is 0.928. The standard InChI is InChI=1S/C20H28N2O4S/c1-5-7-12-17(20(23)26-6-2)21-27(24,25)19-14-9-10-15-16(19)11-8-13-18(15)22(3)4/h8-11,13-14,17,21H,5-7,12H2,1-4H3. The SMILES string of the molecule is CCCCC(NS(=O)(=O)c1cccc2c(N(C)C)cccc12)C(=O)OCC. The Hall–Kier alpha value is -2.12. The van der Waals surface area contributed by atoms with Crippen LogP contribution in [0.3, 0.4) is 0 Å². The number of nitrogens with one attached hydrogen (secondary N) is 1. The minimum Gasteiger partial charge on any atom is -0.465 e. The Morgan fingerprint density at radius 1 is 1.11 bits per heavy atom. The fourth-order valence-electron chi connectivity index (χ4n) is 3.02. The van der Waals surface area contributed by atoms with Gasteiger partial charge in [-0.05, 0) is 25.5 Å². The first kappa shape index (κ1) is 21.2. The lowest BCUT2D eigenvalue weighted by atomic mass is 10.1. The van der Waals surface area contributed by atoms with Crippen molar-refractivity contribution in [3.63, 3.8) is 0 Å². The molecule has 0 aliphatic heterocycles. The number of carbonyl (C=O) groups excluding carboxylic acids is 1. The van der Waals surface area contributed by atoms with Crippen LogP contribution in [-0.2, 0) is 19.6 Å². The van der Waals surface area contributed by atoms with Crippen LogP contribution in [0.4, 0.5) is 5.69 Å². The number of hydrogen-bond donors (Lipinski definition) is 1. The maximum atomic E-state index is 13.1. The number of benzene rings is 2. The zero-order chi connectivity index (χ0) is 20.0. The molecule has 2 aromatic rings. The van der Waals surface area contributed by atoms with E-state index in [2.05, 4.69) is 4.72 Å². The zero-order valence-corrected chi connectivity index (χ0v) is 17.2. The molecule has 0 aromatic heterocycles. The number of carbonyl (C=O) groups is 1. The van der Waals surface area contributed by atoms with E-state index in [0.29, 0.717) is 11.8 Å². The number of anilines is 1. The van der Waals surface area contributed by atoms with Crippen molar-refractivity contribution < 1.29 is 17.9 Å². The number of sulfonamides is 1. The summed E-state index contributed by atoms with van der Waals surface area (Å²) in [6.45, 7) is 3.91. The van der Waals surface area contributed by atoms with E-state index < -0.39 is 22.0 Å². The first-order chi connectivity index (χ1) is 12.8. The third-order valence-electron chi connectivity index (χ3n) is 4.35. The van der Waals surface area contributed by atoms with Crippen LogP contribution in [0.2, 0.25) is 0 Å². The predicted octanol–water partition coefficient (Wildman–Crippen LogP) is 3.31. The average molecular weight is 393 g/mol. The first-order valence-corrected chi connectivity index (χ1v) is 10.7. The summed E-state index contributed by atoms with van der Waals surface area (Å²) < 4.78 is 33.8. The maximum Gasteiger partial charge on any atom is 0.324 e. The molecule has 0 saturated heterocycles. The number of hydrogen-bond acceptors (Lipinski definition) is 5. The zero-order valence-electron chi connectivity index (χ0n) is 16.4. The smallest absolute Gasteiger partial charge is 0.324 e. The Labute approximate surface area is 161 Å². The Balaban J connectivity index is 2.45. The highest BCUT2D eigenvalue weighted by Gasteiger charge is 2.27. The van der Waals surface area contributed by atoms with Gasteiger partial charge in [-0.15, -0.1) is 0 Å². The van der Waals surface area contributed by atoms with Crippen LogP contribution < -0.4 is 9.62 Å². The van der Waals surface area contributed by atoms with Crippen LogP contribution in [0.15, 0.2) is 41.3 Å². The first-order valence-electron chi connectivity index (χ1n) is 9.19. The highest BCUT2D eigenvalue weighted by molar-refractivity contribution is 7.89. The van der Waals surface area contributed by atoms with Gasteiger partial charge in [0.25, 0.3) is 0 Å². The Kier molecular flexibility index (Phi) is 7.21. The molecule has 6 nitrogen and oxygen atoms in total. The van der Waals surface area contributed by atoms with Crippen molar-refractivity contribution in [1.82, 2.24) is 4.72 Å². The fourth-order valence-corrected chi connectivity index (χ4v) is 4.46. The summed E-state index contributed by atoms with van der Waals surface area (Å²) in [6, 6.07) is 9.83. The second-order valence-corrected chi connectivity index (χ2v) is 8.27. The van der Waals surface area contributed by atoms with E-state index in [1.54, 1.807) is 25.1 Å². The molecule has 148 valence electrons. The molecular weight excluding hydrogens is 364 g/mol. The average Bonchev–Trinajstić information content (AvgIpc) is 2.64. The second kappa shape index (κ2) is 9.19. The van der Waals surface area contributed by atoms with Gasteiger partial charge in [-0.1, -0.05) is 44.0 Å². The quantitative estimate of drug-likeness (QED) is 0.663. The number of fused-ring (bicyclic) bond motifs is 1. The number of unbranched alkanes of at least 4 members (excludes halogenated alkanes) is 1. The fraction of sp³-hybridized carbons (Fsp3) is 0.450. The summed E-state index contributed by atoms with van der Waals surface area (Å²) in [6.07, 6.45) is 1.99. The molecule has 2 aromatic carbocycles. The Morgan fingerprint density at radius 3 is 2.41 bits per heavy atom. The van der Waals surface area contributed by atoms with Crippen molar-refractivity contribution in [2.75, 3.05) is 25.6 Å². The summed E-state index contributed by atoms with van der Waals surface area (Å²) in [5.74, 6) is -0.538. The molecule has 2 rings (SSSR count). The van der Waals surface area contributed by atoms with Gasteiger partial charge in [0.1, 0.15) is 6.04 Å². The van der Waals surface area contributed by atoms with Crippen LogP contribution in [-0.4, -0.2) is 41.1 Å². The molecular formula is C20H28N2O4S. The molecule has 7 heteroatoms. The lowest BCUT2D eigenvalue weighted by molar-refractivity contribution is -0.145. The highest BCUT2D eigenvalue weighted by atomic mass is 32.2. The van der Waals surface area contributed by atoms with Gasteiger partial charge in [-0.2, -0.15) is 4.72 Å². The molecule has 0 aliphatic rings. The van der Waals surface area contributed by atoms with Crippen LogP contribution in [0.1, 0.15) is 33.1 Å². The third kappa shape index (κ3) is 4.99. The number of rotatable bonds is 9. The topological polar surface area (TPSA) is 75.7 Å². The molecule has 27 heavy (non-hydrogen) atoms. The molecule has 0 radical (unpaired) electrons. The largest absolute Gasteiger partial charge is 0.465 e.